The number of H-pyrrole nitrogens is 1. The molecule has 0 atom stereocenters. The van der Waals surface area contributed by atoms with Crippen LogP contribution in [-0.2, 0) is 0 Å². The highest BCUT2D eigenvalue weighted by Gasteiger charge is 2.15. The molecule has 4 heteroatoms. The Kier molecular flexibility index (Phi) is 2.27. The zero-order valence-electron chi connectivity index (χ0n) is 8.32. The van der Waals surface area contributed by atoms with Crippen LogP contribution in [0, 0.1) is 12.7 Å². The van der Waals surface area contributed by atoms with Gasteiger partial charge in [0.15, 0.2) is 5.78 Å². The number of aromatic amines is 1. The van der Waals surface area contributed by atoms with Gasteiger partial charge >= 0.3 is 0 Å². The standard InChI is InChI=1S/C11H9ClFNO/c1-5-10(6(2)15)8-3-7(12)4-9(13)11(8)14-5/h3-4,14H,1-2H3. The number of ketones is 1. The highest BCUT2D eigenvalue weighted by atomic mass is 35.5. The summed E-state index contributed by atoms with van der Waals surface area (Å²) in [5, 5.41) is 0.839. The lowest BCUT2D eigenvalue weighted by Gasteiger charge is -1.96. The highest BCUT2D eigenvalue weighted by molar-refractivity contribution is 6.31. The van der Waals surface area contributed by atoms with Gasteiger partial charge in [0.05, 0.1) is 5.52 Å². The first-order valence-corrected chi connectivity index (χ1v) is 4.86. The normalized spacial score (nSPS) is 10.9. The van der Waals surface area contributed by atoms with Crippen LogP contribution in [0.5, 0.6) is 0 Å². The summed E-state index contributed by atoms with van der Waals surface area (Å²) in [6.45, 7) is 3.19. The Bertz CT molecular complexity index is 559. The fourth-order valence-electron chi connectivity index (χ4n) is 1.80. The summed E-state index contributed by atoms with van der Waals surface area (Å²) >= 11 is 5.74. The minimum Gasteiger partial charge on any atom is -0.356 e. The van der Waals surface area contributed by atoms with Crippen molar-refractivity contribution in [1.29, 1.82) is 0 Å². The van der Waals surface area contributed by atoms with Gasteiger partial charge in [0.2, 0.25) is 0 Å². The van der Waals surface area contributed by atoms with Crippen molar-refractivity contribution in [3.63, 3.8) is 0 Å². The average Bonchev–Trinajstić information content (AvgIpc) is 2.41. The summed E-state index contributed by atoms with van der Waals surface area (Å²) in [7, 11) is 0. The number of halogens is 2. The molecule has 0 saturated carbocycles. The first kappa shape index (κ1) is 10.2. The SMILES string of the molecule is CC(=O)c1c(C)[nH]c2c(F)cc(Cl)cc12. The van der Waals surface area contributed by atoms with Crippen molar-refractivity contribution < 1.29 is 9.18 Å². The second kappa shape index (κ2) is 3.35. The molecule has 2 aromatic rings. The number of aryl methyl sites for hydroxylation is 1. The molecule has 0 saturated heterocycles. The summed E-state index contributed by atoms with van der Waals surface area (Å²) in [6, 6.07) is 2.82. The lowest BCUT2D eigenvalue weighted by atomic mass is 10.1. The summed E-state index contributed by atoms with van der Waals surface area (Å²) in [6.07, 6.45) is 0. The number of rotatable bonds is 1. The van der Waals surface area contributed by atoms with E-state index in [9.17, 15) is 9.18 Å². The topological polar surface area (TPSA) is 32.9 Å². The maximum Gasteiger partial charge on any atom is 0.162 e. The molecular weight excluding hydrogens is 217 g/mol. The van der Waals surface area contributed by atoms with Crippen LogP contribution >= 0.6 is 11.6 Å². The number of aromatic nitrogens is 1. The van der Waals surface area contributed by atoms with E-state index in [-0.39, 0.29) is 5.78 Å². The molecule has 1 heterocycles. The Morgan fingerprint density at radius 2 is 2.13 bits per heavy atom. The number of Topliss-reactive ketones (excluding diaryl/α,β-unsaturated/α-hetero) is 1. The molecule has 0 unspecified atom stereocenters. The molecule has 0 amide bonds. The van der Waals surface area contributed by atoms with E-state index >= 15 is 0 Å². The molecule has 0 fully saturated rings. The van der Waals surface area contributed by atoms with Crippen molar-refractivity contribution in [2.24, 2.45) is 0 Å². The fraction of sp³-hybridized carbons (Fsp3) is 0.182. The average molecular weight is 226 g/mol. The van der Waals surface area contributed by atoms with Gasteiger partial charge in [-0.25, -0.2) is 4.39 Å². The number of carbonyl (C=O) groups is 1. The number of carbonyl (C=O) groups excluding carboxylic acids is 1. The van der Waals surface area contributed by atoms with Gasteiger partial charge in [-0.15, -0.1) is 0 Å². The number of fused-ring (bicyclic) bond motifs is 1. The molecule has 0 aliphatic heterocycles. The number of nitrogens with one attached hydrogen (secondary N) is 1. The van der Waals surface area contributed by atoms with Crippen LogP contribution in [0.3, 0.4) is 0 Å². The Labute approximate surface area is 91.0 Å². The highest BCUT2D eigenvalue weighted by Crippen LogP contribution is 2.27. The van der Waals surface area contributed by atoms with Crippen LogP contribution < -0.4 is 0 Å². The largest absolute Gasteiger partial charge is 0.356 e. The van der Waals surface area contributed by atoms with Gasteiger partial charge in [0.1, 0.15) is 5.82 Å². The minimum absolute atomic E-state index is 0.0968. The van der Waals surface area contributed by atoms with Gasteiger partial charge < -0.3 is 4.98 Å². The summed E-state index contributed by atoms with van der Waals surface area (Å²) in [4.78, 5) is 14.2. The van der Waals surface area contributed by atoms with Crippen LogP contribution in [0.4, 0.5) is 4.39 Å². The van der Waals surface area contributed by atoms with Crippen molar-refractivity contribution in [3.8, 4) is 0 Å². The van der Waals surface area contributed by atoms with E-state index < -0.39 is 5.82 Å². The van der Waals surface area contributed by atoms with Gasteiger partial charge in [0.25, 0.3) is 0 Å². The zero-order chi connectivity index (χ0) is 11.2. The van der Waals surface area contributed by atoms with Crippen molar-refractivity contribution in [3.05, 3.63) is 34.2 Å². The molecule has 1 aromatic carbocycles. The van der Waals surface area contributed by atoms with Crippen LogP contribution in [0.25, 0.3) is 10.9 Å². The third-order valence-electron chi connectivity index (χ3n) is 2.36. The van der Waals surface area contributed by atoms with Gasteiger partial charge in [-0.05, 0) is 26.0 Å². The van der Waals surface area contributed by atoms with E-state index in [1.165, 1.54) is 13.0 Å². The lowest BCUT2D eigenvalue weighted by Crippen LogP contribution is -1.92. The molecule has 0 aliphatic carbocycles. The quantitative estimate of drug-likeness (QED) is 0.741. The second-order valence-corrected chi connectivity index (χ2v) is 3.93. The third-order valence-corrected chi connectivity index (χ3v) is 2.58. The third kappa shape index (κ3) is 1.53. The van der Waals surface area contributed by atoms with E-state index in [1.807, 2.05) is 0 Å². The molecule has 1 aromatic heterocycles. The van der Waals surface area contributed by atoms with E-state index in [1.54, 1.807) is 13.0 Å². The molecule has 0 aliphatic rings. The summed E-state index contributed by atoms with van der Waals surface area (Å²) < 4.78 is 13.5. The van der Waals surface area contributed by atoms with Gasteiger partial charge in [0, 0.05) is 21.7 Å². The van der Waals surface area contributed by atoms with E-state index in [2.05, 4.69) is 4.98 Å². The predicted octanol–water partition coefficient (Wildman–Crippen LogP) is 3.47. The molecule has 2 rings (SSSR count). The molecule has 2 nitrogen and oxygen atoms in total. The molecule has 0 spiro atoms. The monoisotopic (exact) mass is 225 g/mol. The number of hydrogen-bond donors (Lipinski definition) is 1. The van der Waals surface area contributed by atoms with Crippen LogP contribution in [0.2, 0.25) is 5.02 Å². The van der Waals surface area contributed by atoms with Crippen LogP contribution in [-0.4, -0.2) is 10.8 Å². The van der Waals surface area contributed by atoms with Crippen molar-refractivity contribution in [2.75, 3.05) is 0 Å². The first-order chi connectivity index (χ1) is 7.00. The van der Waals surface area contributed by atoms with Gasteiger partial charge in [-0.3, -0.25) is 4.79 Å². The number of benzene rings is 1. The smallest absolute Gasteiger partial charge is 0.162 e. The van der Waals surface area contributed by atoms with Crippen LogP contribution in [0.1, 0.15) is 23.0 Å². The molecule has 15 heavy (non-hydrogen) atoms. The van der Waals surface area contributed by atoms with Crippen molar-refractivity contribution in [2.45, 2.75) is 13.8 Å². The maximum atomic E-state index is 13.5. The minimum atomic E-state index is -0.437. The molecule has 78 valence electrons. The molecule has 1 N–H and O–H groups in total. The molecular formula is C11H9ClFNO. The second-order valence-electron chi connectivity index (χ2n) is 3.49. The van der Waals surface area contributed by atoms with E-state index in [0.29, 0.717) is 27.2 Å². The van der Waals surface area contributed by atoms with Gasteiger partial charge in [-0.1, -0.05) is 11.6 Å². The Balaban J connectivity index is 2.93. The van der Waals surface area contributed by atoms with E-state index in [4.69, 9.17) is 11.6 Å². The summed E-state index contributed by atoms with van der Waals surface area (Å²) in [5.74, 6) is -0.534. The first-order valence-electron chi connectivity index (χ1n) is 4.49. The molecule has 0 bridgehead atoms. The summed E-state index contributed by atoms with van der Waals surface area (Å²) in [5.41, 5.74) is 1.51. The lowest BCUT2D eigenvalue weighted by molar-refractivity contribution is 0.101. The predicted molar refractivity (Wildman–Crippen MR) is 58.0 cm³/mol. The Morgan fingerprint density at radius 3 is 2.73 bits per heavy atom. The van der Waals surface area contributed by atoms with Crippen molar-refractivity contribution >= 4 is 28.3 Å². The Morgan fingerprint density at radius 1 is 1.47 bits per heavy atom. The maximum absolute atomic E-state index is 13.5. The van der Waals surface area contributed by atoms with Crippen molar-refractivity contribution in [1.82, 2.24) is 4.98 Å². The zero-order valence-corrected chi connectivity index (χ0v) is 9.07. The van der Waals surface area contributed by atoms with Crippen LogP contribution in [0.15, 0.2) is 12.1 Å². The van der Waals surface area contributed by atoms with E-state index in [0.717, 1.165) is 0 Å². The fourth-order valence-corrected chi connectivity index (χ4v) is 2.01. The van der Waals surface area contributed by atoms with Gasteiger partial charge in [-0.2, -0.15) is 0 Å². The Hall–Kier alpha value is -1.35. The number of hydrogen-bond acceptors (Lipinski definition) is 1. The molecule has 0 radical (unpaired) electrons.